The molecule has 168 valence electrons. The maximum atomic E-state index is 10.2. The van der Waals surface area contributed by atoms with Gasteiger partial charge >= 0.3 is 0 Å². The summed E-state index contributed by atoms with van der Waals surface area (Å²) in [6.07, 6.45) is 19.0. The van der Waals surface area contributed by atoms with E-state index in [0.717, 1.165) is 18.3 Å². The molecule has 3 saturated carbocycles. The van der Waals surface area contributed by atoms with E-state index in [1.165, 1.54) is 69.8 Å². The number of hydrogen-bond acceptors (Lipinski definition) is 2. The van der Waals surface area contributed by atoms with Crippen LogP contribution in [0, 0.1) is 34.5 Å². The fourth-order valence-corrected chi connectivity index (χ4v) is 6.22. The van der Waals surface area contributed by atoms with Crippen LogP contribution in [0.5, 0.6) is 0 Å². The molecule has 3 aliphatic rings. The molecule has 5 atom stereocenters. The van der Waals surface area contributed by atoms with Crippen LogP contribution in [-0.2, 0) is 0 Å². The van der Waals surface area contributed by atoms with E-state index in [1.54, 1.807) is 5.57 Å². The molecule has 0 aliphatic heterocycles. The Labute approximate surface area is 186 Å². The predicted octanol–water partition coefficient (Wildman–Crippen LogP) is 7.90. The fourth-order valence-electron chi connectivity index (χ4n) is 6.22. The number of aliphatic hydroxyl groups is 1. The van der Waals surface area contributed by atoms with Gasteiger partial charge in [0.05, 0.1) is 18.1 Å². The smallest absolute Gasteiger partial charge is 0.0797 e. The minimum atomic E-state index is -0.557. The zero-order chi connectivity index (χ0) is 22.1. The number of aliphatic hydroxyl groups excluding tert-OH is 1. The number of allylic oxidation sites excluding steroid dienone is 3. The SMILES string of the molecule is C=C1C(C#N)C/C(=C\C=C2/CCCC3(C)C(CCCCCC)CC[C@@H]23)C[C@H]1O.CC. The number of nitrogens with zero attached hydrogens (tertiary/aromatic N) is 1. The molecule has 0 aromatic rings. The fraction of sp³-hybridized carbons (Fsp3) is 0.750. The van der Waals surface area contributed by atoms with Gasteiger partial charge in [0.15, 0.2) is 0 Å². The second-order valence-corrected chi connectivity index (χ2v) is 9.78. The number of fused-ring (bicyclic) bond motifs is 1. The van der Waals surface area contributed by atoms with Crippen molar-refractivity contribution in [2.45, 2.75) is 111 Å². The van der Waals surface area contributed by atoms with Crippen molar-refractivity contribution in [3.05, 3.63) is 35.5 Å². The lowest BCUT2D eigenvalue weighted by Crippen LogP contribution is -2.33. The Morgan fingerprint density at radius 3 is 2.63 bits per heavy atom. The average molecular weight is 412 g/mol. The normalized spacial score (nSPS) is 36.2. The molecule has 3 unspecified atom stereocenters. The van der Waals surface area contributed by atoms with Crippen molar-refractivity contribution < 1.29 is 5.11 Å². The molecule has 0 heterocycles. The number of rotatable bonds is 6. The zero-order valence-electron chi connectivity index (χ0n) is 20.1. The molecule has 0 bridgehead atoms. The minimum Gasteiger partial charge on any atom is -0.388 e. The van der Waals surface area contributed by atoms with Crippen LogP contribution in [0.4, 0.5) is 0 Å². The van der Waals surface area contributed by atoms with Crippen LogP contribution >= 0.6 is 0 Å². The third kappa shape index (κ3) is 5.67. The van der Waals surface area contributed by atoms with Crippen LogP contribution in [0.1, 0.15) is 105 Å². The van der Waals surface area contributed by atoms with E-state index in [9.17, 15) is 10.4 Å². The van der Waals surface area contributed by atoms with Gasteiger partial charge in [-0.05, 0) is 74.2 Å². The van der Waals surface area contributed by atoms with Gasteiger partial charge in [-0.1, -0.05) is 83.3 Å². The van der Waals surface area contributed by atoms with Crippen LogP contribution in [0.25, 0.3) is 0 Å². The average Bonchev–Trinajstić information content (AvgIpc) is 3.10. The van der Waals surface area contributed by atoms with E-state index in [0.29, 0.717) is 17.4 Å². The van der Waals surface area contributed by atoms with E-state index in [4.69, 9.17) is 0 Å². The molecular formula is C28H45NO. The van der Waals surface area contributed by atoms with Crippen molar-refractivity contribution in [1.29, 1.82) is 5.26 Å². The molecular weight excluding hydrogens is 366 g/mol. The van der Waals surface area contributed by atoms with E-state index in [2.05, 4.69) is 38.6 Å². The van der Waals surface area contributed by atoms with Gasteiger partial charge in [0.2, 0.25) is 0 Å². The van der Waals surface area contributed by atoms with Gasteiger partial charge in [0, 0.05) is 0 Å². The molecule has 1 N–H and O–H groups in total. The van der Waals surface area contributed by atoms with E-state index in [1.807, 2.05) is 13.8 Å². The molecule has 3 aliphatic carbocycles. The third-order valence-corrected chi connectivity index (χ3v) is 8.05. The van der Waals surface area contributed by atoms with Crippen molar-refractivity contribution in [3.8, 4) is 6.07 Å². The summed E-state index contributed by atoms with van der Waals surface area (Å²) in [5.41, 5.74) is 4.02. The summed E-state index contributed by atoms with van der Waals surface area (Å²) in [5, 5.41) is 19.6. The molecule has 0 aromatic carbocycles. The van der Waals surface area contributed by atoms with Gasteiger partial charge in [0.1, 0.15) is 0 Å². The van der Waals surface area contributed by atoms with Gasteiger partial charge in [-0.3, -0.25) is 0 Å². The van der Waals surface area contributed by atoms with Crippen molar-refractivity contribution in [3.63, 3.8) is 0 Å². The summed E-state index contributed by atoms with van der Waals surface area (Å²) >= 11 is 0. The highest BCUT2D eigenvalue weighted by molar-refractivity contribution is 5.31. The summed E-state index contributed by atoms with van der Waals surface area (Å²) < 4.78 is 0. The molecule has 0 saturated heterocycles. The first kappa shape index (κ1) is 24.9. The number of unbranched alkanes of at least 4 members (excludes halogenated alkanes) is 3. The first-order chi connectivity index (χ1) is 14.5. The lowest BCUT2D eigenvalue weighted by molar-refractivity contribution is 0.127. The van der Waals surface area contributed by atoms with E-state index in [-0.39, 0.29) is 5.92 Å². The molecule has 2 nitrogen and oxygen atoms in total. The van der Waals surface area contributed by atoms with Gasteiger partial charge in [-0.25, -0.2) is 0 Å². The Bertz CT molecular complexity index is 667. The Kier molecular flexibility index (Phi) is 9.89. The van der Waals surface area contributed by atoms with Crippen LogP contribution < -0.4 is 0 Å². The van der Waals surface area contributed by atoms with Crippen LogP contribution in [0.2, 0.25) is 0 Å². The standard InChI is InChI=1S/C26H39NO.C2H6/c1-4-5-6-7-10-23-13-14-24-21(9-8-15-26(23,24)3)12-11-20-16-22(18-27)19(2)25(28)17-20;1-2/h11-12,22-25,28H,2,4-10,13-17H2,1,3H3;1-2H3/b20-11+,21-12+;/t22?,23?,24-,25+,26?;/m0./s1. The highest BCUT2D eigenvalue weighted by Crippen LogP contribution is 2.58. The highest BCUT2D eigenvalue weighted by Gasteiger charge is 2.48. The lowest BCUT2D eigenvalue weighted by Gasteiger charge is -2.42. The molecule has 0 amide bonds. The largest absolute Gasteiger partial charge is 0.388 e. The van der Waals surface area contributed by atoms with E-state index >= 15 is 0 Å². The highest BCUT2D eigenvalue weighted by atomic mass is 16.3. The van der Waals surface area contributed by atoms with Crippen molar-refractivity contribution in [1.82, 2.24) is 0 Å². The second-order valence-electron chi connectivity index (χ2n) is 9.78. The first-order valence-corrected chi connectivity index (χ1v) is 12.6. The molecule has 3 rings (SSSR count). The molecule has 0 spiro atoms. The molecule has 30 heavy (non-hydrogen) atoms. The lowest BCUT2D eigenvalue weighted by atomic mass is 9.62. The summed E-state index contributed by atoms with van der Waals surface area (Å²) in [5.74, 6) is 1.40. The van der Waals surface area contributed by atoms with Gasteiger partial charge in [0.25, 0.3) is 0 Å². The Morgan fingerprint density at radius 1 is 1.17 bits per heavy atom. The van der Waals surface area contributed by atoms with Crippen molar-refractivity contribution in [2.75, 3.05) is 0 Å². The topological polar surface area (TPSA) is 44.0 Å². The molecule has 0 radical (unpaired) electrons. The van der Waals surface area contributed by atoms with Gasteiger partial charge in [-0.2, -0.15) is 5.26 Å². The van der Waals surface area contributed by atoms with Gasteiger partial charge < -0.3 is 5.11 Å². The Morgan fingerprint density at radius 2 is 1.93 bits per heavy atom. The maximum absolute atomic E-state index is 10.2. The maximum Gasteiger partial charge on any atom is 0.0797 e. The van der Waals surface area contributed by atoms with Crippen LogP contribution in [-0.4, -0.2) is 11.2 Å². The first-order valence-electron chi connectivity index (χ1n) is 12.6. The summed E-state index contributed by atoms with van der Waals surface area (Å²) in [4.78, 5) is 0. The monoisotopic (exact) mass is 411 g/mol. The summed E-state index contributed by atoms with van der Waals surface area (Å²) in [6.45, 7) is 12.8. The van der Waals surface area contributed by atoms with Gasteiger partial charge in [-0.15, -0.1) is 0 Å². The van der Waals surface area contributed by atoms with E-state index < -0.39 is 6.10 Å². The van der Waals surface area contributed by atoms with Crippen LogP contribution in [0.15, 0.2) is 35.5 Å². The Hall–Kier alpha value is -1.33. The minimum absolute atomic E-state index is 0.232. The number of hydrogen-bond donors (Lipinski definition) is 1. The van der Waals surface area contributed by atoms with Crippen molar-refractivity contribution >= 4 is 0 Å². The summed E-state index contributed by atoms with van der Waals surface area (Å²) in [6, 6.07) is 2.31. The zero-order valence-corrected chi connectivity index (χ0v) is 20.1. The number of nitriles is 1. The molecule has 3 fully saturated rings. The molecule has 0 aromatic heterocycles. The van der Waals surface area contributed by atoms with Crippen LogP contribution in [0.3, 0.4) is 0 Å². The predicted molar refractivity (Wildman–Crippen MR) is 128 cm³/mol. The third-order valence-electron chi connectivity index (χ3n) is 8.05. The van der Waals surface area contributed by atoms with Crippen molar-refractivity contribution in [2.24, 2.45) is 23.2 Å². The second kappa shape index (κ2) is 11.9. The Balaban J connectivity index is 0.00000155. The quantitative estimate of drug-likeness (QED) is 0.356. The summed E-state index contributed by atoms with van der Waals surface area (Å²) in [7, 11) is 0. The molecule has 2 heteroatoms.